The fourth-order valence-corrected chi connectivity index (χ4v) is 4.81. The van der Waals surface area contributed by atoms with Gasteiger partial charge in [-0.1, -0.05) is 26.8 Å². The van der Waals surface area contributed by atoms with Gasteiger partial charge in [-0.25, -0.2) is 14.6 Å². The molecule has 1 unspecified atom stereocenters. The van der Waals surface area contributed by atoms with Gasteiger partial charge >= 0.3 is 0 Å². The van der Waals surface area contributed by atoms with Gasteiger partial charge in [0.05, 0.1) is 11.7 Å². The largest absolute Gasteiger partial charge is 0.483 e. The van der Waals surface area contributed by atoms with Crippen LogP contribution in [0.5, 0.6) is 0 Å². The van der Waals surface area contributed by atoms with Gasteiger partial charge in [0, 0.05) is 36.2 Å². The van der Waals surface area contributed by atoms with Crippen molar-refractivity contribution in [3.8, 4) is 0 Å². The van der Waals surface area contributed by atoms with Gasteiger partial charge in [-0.15, -0.1) is 11.3 Å². The number of aromatic amines is 1. The van der Waals surface area contributed by atoms with E-state index in [1.54, 1.807) is 6.33 Å². The molecule has 4 rings (SSSR count). The van der Waals surface area contributed by atoms with Crippen molar-refractivity contribution >= 4 is 17.8 Å². The Morgan fingerprint density at radius 1 is 1.44 bits per heavy atom. The van der Waals surface area contributed by atoms with Crippen LogP contribution in [0.3, 0.4) is 0 Å². The van der Waals surface area contributed by atoms with Crippen molar-refractivity contribution in [1.82, 2.24) is 24.7 Å². The summed E-state index contributed by atoms with van der Waals surface area (Å²) in [5.74, 6) is 2.07. The summed E-state index contributed by atoms with van der Waals surface area (Å²) in [5.41, 5.74) is 1.37. The molecule has 144 valence electrons. The molecule has 0 bridgehead atoms. The smallest absolute Gasteiger partial charge is 0.290 e. The molecule has 8 heteroatoms. The summed E-state index contributed by atoms with van der Waals surface area (Å²) in [6.45, 7) is 7.38. The summed E-state index contributed by atoms with van der Waals surface area (Å²) in [4.78, 5) is 22.0. The van der Waals surface area contributed by atoms with E-state index in [4.69, 9.17) is 20.0 Å². The van der Waals surface area contributed by atoms with Gasteiger partial charge < -0.3 is 10.1 Å². The first-order chi connectivity index (χ1) is 13.0. The Hall–Kier alpha value is -2.48. The normalized spacial score (nSPS) is 20.0. The van der Waals surface area contributed by atoms with Crippen LogP contribution in [0.2, 0.25) is 0 Å². The highest BCUT2D eigenvalue weighted by Gasteiger charge is 2.66. The molecule has 0 spiro atoms. The van der Waals surface area contributed by atoms with Crippen LogP contribution in [0, 0.1) is 5.41 Å². The van der Waals surface area contributed by atoms with Crippen LogP contribution in [0.15, 0.2) is 30.0 Å². The lowest BCUT2D eigenvalue weighted by atomic mass is 9.93. The van der Waals surface area contributed by atoms with Gasteiger partial charge in [0.1, 0.15) is 5.82 Å². The number of nitrogens with one attached hydrogen (secondary N) is 1. The number of carbonyl (C=O) groups is 1. The van der Waals surface area contributed by atoms with E-state index < -0.39 is 0 Å². The molecule has 1 saturated carbocycles. The van der Waals surface area contributed by atoms with Crippen LogP contribution in [0.4, 0.5) is 0 Å². The number of carboxylic acid groups (broad SMARTS) is 1. The maximum absolute atomic E-state index is 8.36. The summed E-state index contributed by atoms with van der Waals surface area (Å²) in [6.07, 6.45) is 6.50. The van der Waals surface area contributed by atoms with E-state index in [9.17, 15) is 0 Å². The van der Waals surface area contributed by atoms with Crippen LogP contribution in [-0.4, -0.2) is 36.3 Å². The van der Waals surface area contributed by atoms with Crippen LogP contribution in [0.1, 0.15) is 49.4 Å². The predicted molar refractivity (Wildman–Crippen MR) is 104 cm³/mol. The molecule has 0 radical (unpaired) electrons. The molecule has 2 N–H and O–H groups in total. The standard InChI is InChI=1S/C18H23N5S.CH2O2/c1-4-15-21-16(23(22-15)8-7-13-10-19-12-20-13)18(11-17(18,2)3)14-6-5-9-24-14;2-1-3/h5-6,9-10,12H,4,7-8,11H2,1-3H3,(H,19,20);1H,(H,2,3). The van der Waals surface area contributed by atoms with Crippen molar-refractivity contribution in [2.75, 3.05) is 0 Å². The zero-order valence-electron chi connectivity index (χ0n) is 15.8. The molecule has 0 aliphatic heterocycles. The van der Waals surface area contributed by atoms with E-state index in [0.717, 1.165) is 43.1 Å². The SMILES string of the molecule is CCc1nc(C2(c3cccs3)CC2(C)C)n(CCc2cnc[nH]2)n1.O=CO. The van der Waals surface area contributed by atoms with Gasteiger partial charge in [-0.2, -0.15) is 5.10 Å². The zero-order valence-corrected chi connectivity index (χ0v) is 16.7. The second-order valence-corrected chi connectivity index (χ2v) is 8.25. The molecular formula is C19H25N5O2S. The first-order valence-electron chi connectivity index (χ1n) is 9.01. The average Bonchev–Trinajstić information content (AvgIpc) is 3.23. The van der Waals surface area contributed by atoms with E-state index in [0.29, 0.717) is 0 Å². The minimum Gasteiger partial charge on any atom is -0.483 e. The third-order valence-electron chi connectivity index (χ3n) is 5.24. The Kier molecular flexibility index (Phi) is 5.46. The molecular weight excluding hydrogens is 362 g/mol. The van der Waals surface area contributed by atoms with Gasteiger partial charge in [-0.05, 0) is 23.3 Å². The van der Waals surface area contributed by atoms with Crippen LogP contribution >= 0.6 is 11.3 Å². The summed E-state index contributed by atoms with van der Waals surface area (Å²) in [7, 11) is 0. The van der Waals surface area contributed by atoms with Gasteiger partial charge in [0.15, 0.2) is 5.82 Å². The number of aryl methyl sites for hydroxylation is 3. The maximum Gasteiger partial charge on any atom is 0.290 e. The second-order valence-electron chi connectivity index (χ2n) is 7.30. The summed E-state index contributed by atoms with van der Waals surface area (Å²) < 4.78 is 2.13. The van der Waals surface area contributed by atoms with E-state index in [2.05, 4.69) is 52.9 Å². The van der Waals surface area contributed by atoms with Gasteiger partial charge in [-0.3, -0.25) is 4.79 Å². The lowest BCUT2D eigenvalue weighted by Gasteiger charge is -2.19. The summed E-state index contributed by atoms with van der Waals surface area (Å²) >= 11 is 1.83. The van der Waals surface area contributed by atoms with Crippen molar-refractivity contribution in [3.63, 3.8) is 0 Å². The topological polar surface area (TPSA) is 96.7 Å². The molecule has 1 fully saturated rings. The van der Waals surface area contributed by atoms with Crippen LogP contribution in [0.25, 0.3) is 0 Å². The van der Waals surface area contributed by atoms with Gasteiger partial charge in [0.25, 0.3) is 6.47 Å². The molecule has 3 heterocycles. The minimum absolute atomic E-state index is 0.00950. The molecule has 7 nitrogen and oxygen atoms in total. The predicted octanol–water partition coefficient (Wildman–Crippen LogP) is 3.28. The number of nitrogens with zero attached hydrogens (tertiary/aromatic N) is 4. The quantitative estimate of drug-likeness (QED) is 0.633. The van der Waals surface area contributed by atoms with E-state index in [-0.39, 0.29) is 17.3 Å². The van der Waals surface area contributed by atoms with E-state index >= 15 is 0 Å². The Morgan fingerprint density at radius 3 is 2.70 bits per heavy atom. The molecule has 1 atom stereocenters. The molecule has 0 saturated heterocycles. The highest BCUT2D eigenvalue weighted by Crippen LogP contribution is 2.68. The Bertz CT molecular complexity index is 870. The van der Waals surface area contributed by atoms with E-state index in [1.165, 1.54) is 4.88 Å². The number of H-pyrrole nitrogens is 1. The molecule has 0 aromatic carbocycles. The first-order valence-corrected chi connectivity index (χ1v) is 9.89. The first kappa shape index (κ1) is 19.3. The van der Waals surface area contributed by atoms with E-state index in [1.807, 2.05) is 17.5 Å². The van der Waals surface area contributed by atoms with Crippen LogP contribution in [-0.2, 0) is 29.6 Å². The monoisotopic (exact) mass is 387 g/mol. The number of imidazole rings is 1. The zero-order chi connectivity index (χ0) is 19.5. The molecule has 3 aromatic rings. The highest BCUT2D eigenvalue weighted by molar-refractivity contribution is 7.10. The van der Waals surface area contributed by atoms with Crippen LogP contribution < -0.4 is 0 Å². The van der Waals surface area contributed by atoms with Crippen molar-refractivity contribution < 1.29 is 9.90 Å². The second kappa shape index (κ2) is 7.64. The van der Waals surface area contributed by atoms with Crippen molar-refractivity contribution in [2.24, 2.45) is 5.41 Å². The van der Waals surface area contributed by atoms with Crippen molar-refractivity contribution in [1.29, 1.82) is 0 Å². The number of hydrogen-bond donors (Lipinski definition) is 2. The Morgan fingerprint density at radius 2 is 2.19 bits per heavy atom. The molecule has 1 aliphatic carbocycles. The number of rotatable bonds is 6. The molecule has 27 heavy (non-hydrogen) atoms. The third-order valence-corrected chi connectivity index (χ3v) is 6.27. The van der Waals surface area contributed by atoms with Crippen molar-refractivity contribution in [3.05, 3.63) is 52.3 Å². The molecule has 3 aromatic heterocycles. The fourth-order valence-electron chi connectivity index (χ4n) is 3.71. The lowest BCUT2D eigenvalue weighted by Crippen LogP contribution is -2.22. The third kappa shape index (κ3) is 3.53. The van der Waals surface area contributed by atoms with Crippen molar-refractivity contribution in [2.45, 2.75) is 52.0 Å². The molecule has 0 amide bonds. The average molecular weight is 388 g/mol. The Balaban J connectivity index is 0.000000659. The minimum atomic E-state index is -0.250. The summed E-state index contributed by atoms with van der Waals surface area (Å²) in [5, 5.41) is 13.8. The summed E-state index contributed by atoms with van der Waals surface area (Å²) in [6, 6.07) is 4.39. The number of thiophene rings is 1. The molecule has 1 aliphatic rings. The van der Waals surface area contributed by atoms with Gasteiger partial charge in [0.2, 0.25) is 0 Å². The fraction of sp³-hybridized carbons (Fsp3) is 0.474. The lowest BCUT2D eigenvalue weighted by molar-refractivity contribution is -0.122. The maximum atomic E-state index is 8.36. The highest BCUT2D eigenvalue weighted by atomic mass is 32.1. The Labute approximate surface area is 162 Å². The number of aromatic nitrogens is 5. The number of hydrogen-bond acceptors (Lipinski definition) is 5.